The molecule has 2 amide bonds. The molecular formula is C16H22N2O4S2. The maximum Gasteiger partial charge on any atom is 0.251 e. The Morgan fingerprint density at radius 3 is 2.71 bits per heavy atom. The second-order valence-electron chi connectivity index (χ2n) is 6.94. The van der Waals surface area contributed by atoms with E-state index in [2.05, 4.69) is 12.2 Å². The topological polar surface area (TPSA) is 106 Å². The van der Waals surface area contributed by atoms with E-state index in [1.165, 1.54) is 11.3 Å². The number of rotatable bonds is 4. The molecule has 0 bridgehead atoms. The number of primary amides is 1. The van der Waals surface area contributed by atoms with Crippen molar-refractivity contribution >= 4 is 38.0 Å². The molecule has 8 heteroatoms. The molecule has 1 aliphatic heterocycles. The Morgan fingerprint density at radius 1 is 1.33 bits per heavy atom. The van der Waals surface area contributed by atoms with E-state index in [0.29, 0.717) is 22.9 Å². The monoisotopic (exact) mass is 370 g/mol. The molecule has 2 heterocycles. The van der Waals surface area contributed by atoms with E-state index in [1.54, 1.807) is 0 Å². The molecule has 3 rings (SSSR count). The first kappa shape index (κ1) is 17.4. The zero-order valence-corrected chi connectivity index (χ0v) is 15.3. The van der Waals surface area contributed by atoms with E-state index in [9.17, 15) is 18.0 Å². The molecule has 6 nitrogen and oxygen atoms in total. The number of thiophene rings is 1. The minimum atomic E-state index is -3.00. The van der Waals surface area contributed by atoms with Gasteiger partial charge < -0.3 is 11.1 Å². The Balaban J connectivity index is 1.75. The molecule has 0 saturated carbocycles. The minimum absolute atomic E-state index is 0.0710. The second kappa shape index (κ2) is 6.48. The number of fused-ring (bicyclic) bond motifs is 1. The van der Waals surface area contributed by atoms with Gasteiger partial charge in [0.1, 0.15) is 5.00 Å². The van der Waals surface area contributed by atoms with E-state index in [1.807, 2.05) is 0 Å². The van der Waals surface area contributed by atoms with Gasteiger partial charge in [0.15, 0.2) is 9.84 Å². The third-order valence-electron chi connectivity index (χ3n) is 4.81. The van der Waals surface area contributed by atoms with Gasteiger partial charge in [-0.15, -0.1) is 11.3 Å². The van der Waals surface area contributed by atoms with Gasteiger partial charge in [-0.25, -0.2) is 8.42 Å². The lowest BCUT2D eigenvalue weighted by Gasteiger charge is -2.18. The summed E-state index contributed by atoms with van der Waals surface area (Å²) < 4.78 is 23.0. The van der Waals surface area contributed by atoms with Crippen LogP contribution in [0, 0.1) is 11.8 Å². The summed E-state index contributed by atoms with van der Waals surface area (Å²) in [5.41, 5.74) is 6.95. The number of nitrogens with two attached hydrogens (primary N) is 1. The quantitative estimate of drug-likeness (QED) is 0.842. The van der Waals surface area contributed by atoms with E-state index in [-0.39, 0.29) is 29.8 Å². The first-order chi connectivity index (χ1) is 11.2. The first-order valence-electron chi connectivity index (χ1n) is 8.20. The molecule has 1 aliphatic carbocycles. The van der Waals surface area contributed by atoms with Crippen LogP contribution in [0.5, 0.6) is 0 Å². The number of carbonyl (C=O) groups is 2. The molecule has 0 radical (unpaired) electrons. The zero-order chi connectivity index (χ0) is 17.5. The predicted molar refractivity (Wildman–Crippen MR) is 94.0 cm³/mol. The van der Waals surface area contributed by atoms with E-state index < -0.39 is 15.7 Å². The summed E-state index contributed by atoms with van der Waals surface area (Å²) in [6.45, 7) is 2.17. The second-order valence-corrected chi connectivity index (χ2v) is 10.3. The molecule has 24 heavy (non-hydrogen) atoms. The zero-order valence-electron chi connectivity index (χ0n) is 13.6. The van der Waals surface area contributed by atoms with Crippen LogP contribution in [0.1, 0.15) is 47.0 Å². The molecule has 0 aromatic carbocycles. The number of anilines is 1. The average molecular weight is 370 g/mol. The van der Waals surface area contributed by atoms with Crippen molar-refractivity contribution in [2.75, 3.05) is 16.8 Å². The van der Waals surface area contributed by atoms with Crippen molar-refractivity contribution in [2.24, 2.45) is 17.6 Å². The SMILES string of the molecule is C[C@H]1CCc2c(sc(NC(=O)C[C@H]3CCS(=O)(=O)C3)c2C(N)=O)C1. The molecular weight excluding hydrogens is 348 g/mol. The number of carbonyl (C=O) groups excluding carboxylic acids is 2. The first-order valence-corrected chi connectivity index (χ1v) is 10.8. The van der Waals surface area contributed by atoms with Crippen LogP contribution in [0.4, 0.5) is 5.00 Å². The maximum atomic E-state index is 12.3. The third-order valence-corrected chi connectivity index (χ3v) is 7.82. The normalized spacial score (nSPS) is 25.2. The molecule has 3 N–H and O–H groups in total. The van der Waals surface area contributed by atoms with Crippen LogP contribution in [-0.2, 0) is 27.5 Å². The van der Waals surface area contributed by atoms with Gasteiger partial charge in [0.05, 0.1) is 17.1 Å². The summed E-state index contributed by atoms with van der Waals surface area (Å²) in [7, 11) is -3.00. The Bertz CT molecular complexity index is 782. The summed E-state index contributed by atoms with van der Waals surface area (Å²) in [6.07, 6.45) is 3.41. The highest BCUT2D eigenvalue weighted by molar-refractivity contribution is 7.91. The average Bonchev–Trinajstić information content (AvgIpc) is 2.97. The number of hydrogen-bond donors (Lipinski definition) is 2. The molecule has 0 spiro atoms. The fourth-order valence-electron chi connectivity index (χ4n) is 3.57. The molecule has 2 aliphatic rings. The third kappa shape index (κ3) is 3.64. The van der Waals surface area contributed by atoms with Crippen molar-refractivity contribution in [3.8, 4) is 0 Å². The predicted octanol–water partition coefficient (Wildman–Crippen LogP) is 1.74. The van der Waals surface area contributed by atoms with Gasteiger partial charge in [-0.2, -0.15) is 0 Å². The molecule has 1 aromatic rings. The Labute approximate surface area is 145 Å². The van der Waals surface area contributed by atoms with Crippen molar-refractivity contribution in [3.63, 3.8) is 0 Å². The largest absolute Gasteiger partial charge is 0.365 e. The highest BCUT2D eigenvalue weighted by atomic mass is 32.2. The van der Waals surface area contributed by atoms with Crippen molar-refractivity contribution in [2.45, 2.75) is 39.0 Å². The van der Waals surface area contributed by atoms with Gasteiger partial charge in [0.2, 0.25) is 5.91 Å². The summed E-state index contributed by atoms with van der Waals surface area (Å²) >= 11 is 1.43. The minimum Gasteiger partial charge on any atom is -0.365 e. The highest BCUT2D eigenvalue weighted by Crippen LogP contribution is 2.39. The molecule has 1 fully saturated rings. The maximum absolute atomic E-state index is 12.3. The molecule has 0 unspecified atom stereocenters. The number of hydrogen-bond acceptors (Lipinski definition) is 5. The Morgan fingerprint density at radius 2 is 2.08 bits per heavy atom. The smallest absolute Gasteiger partial charge is 0.251 e. The van der Waals surface area contributed by atoms with E-state index in [4.69, 9.17) is 5.73 Å². The number of nitrogens with one attached hydrogen (secondary N) is 1. The van der Waals surface area contributed by atoms with Crippen LogP contribution < -0.4 is 11.1 Å². The van der Waals surface area contributed by atoms with Gasteiger partial charge in [-0.1, -0.05) is 6.92 Å². The van der Waals surface area contributed by atoms with Crippen LogP contribution >= 0.6 is 11.3 Å². The number of amides is 2. The van der Waals surface area contributed by atoms with E-state index >= 15 is 0 Å². The Hall–Kier alpha value is -1.41. The van der Waals surface area contributed by atoms with Crippen molar-refractivity contribution in [3.05, 3.63) is 16.0 Å². The van der Waals surface area contributed by atoms with Crippen LogP contribution in [0.25, 0.3) is 0 Å². The lowest BCUT2D eigenvalue weighted by molar-refractivity contribution is -0.116. The fraction of sp³-hybridized carbons (Fsp3) is 0.625. The molecule has 1 aromatic heterocycles. The highest BCUT2D eigenvalue weighted by Gasteiger charge is 2.31. The van der Waals surface area contributed by atoms with Gasteiger partial charge in [0.25, 0.3) is 5.91 Å². The summed E-state index contributed by atoms with van der Waals surface area (Å²) in [5, 5.41) is 3.32. The molecule has 2 atom stereocenters. The Kier molecular flexibility index (Phi) is 4.70. The summed E-state index contributed by atoms with van der Waals surface area (Å²) in [5.74, 6) is -0.109. The van der Waals surface area contributed by atoms with Crippen LogP contribution in [0.15, 0.2) is 0 Å². The van der Waals surface area contributed by atoms with Crippen molar-refractivity contribution < 1.29 is 18.0 Å². The van der Waals surface area contributed by atoms with Gasteiger partial charge >= 0.3 is 0 Å². The molecule has 132 valence electrons. The lowest BCUT2D eigenvalue weighted by Crippen LogP contribution is -2.21. The van der Waals surface area contributed by atoms with Gasteiger partial charge in [-0.3, -0.25) is 9.59 Å². The number of sulfone groups is 1. The van der Waals surface area contributed by atoms with Crippen molar-refractivity contribution in [1.29, 1.82) is 0 Å². The molecule has 1 saturated heterocycles. The summed E-state index contributed by atoms with van der Waals surface area (Å²) in [6, 6.07) is 0. The van der Waals surface area contributed by atoms with Crippen molar-refractivity contribution in [1.82, 2.24) is 0 Å². The fourth-order valence-corrected chi connectivity index (χ4v) is 6.87. The van der Waals surface area contributed by atoms with Crippen LogP contribution in [0.2, 0.25) is 0 Å². The lowest BCUT2D eigenvalue weighted by atomic mass is 9.88. The van der Waals surface area contributed by atoms with Crippen LogP contribution in [0.3, 0.4) is 0 Å². The standard InChI is InChI=1S/C16H22N2O4S2/c1-9-2-3-11-12(6-9)23-16(14(11)15(17)20)18-13(19)7-10-4-5-24(21,22)8-10/h9-10H,2-8H2,1H3,(H2,17,20)(H,18,19)/t9-,10+/m0/s1. The van der Waals surface area contributed by atoms with Gasteiger partial charge in [0, 0.05) is 11.3 Å². The van der Waals surface area contributed by atoms with E-state index in [0.717, 1.165) is 29.7 Å². The van der Waals surface area contributed by atoms with Crippen LogP contribution in [-0.4, -0.2) is 31.7 Å². The summed E-state index contributed by atoms with van der Waals surface area (Å²) in [4.78, 5) is 25.3. The van der Waals surface area contributed by atoms with Gasteiger partial charge in [-0.05, 0) is 43.1 Å².